The number of nitrogens with one attached hydrogen (secondary N) is 4. The van der Waals surface area contributed by atoms with E-state index in [0.717, 1.165) is 6.20 Å². The van der Waals surface area contributed by atoms with E-state index in [-0.39, 0.29) is 58.8 Å². The van der Waals surface area contributed by atoms with E-state index >= 15 is 0 Å². The van der Waals surface area contributed by atoms with Crippen LogP contribution in [-0.2, 0) is 23.9 Å². The third-order valence-corrected chi connectivity index (χ3v) is 5.29. The SMILES string of the molecule is C#CCc1[nH]nc(C(F)(F)F)c1-c1cnc(C(=O)NCc2ccc(C(=O)NCCOCCN)c(Cl)c2)[nH]1. The average Bonchev–Trinajstić information content (AvgIpc) is 3.50. The van der Waals surface area contributed by atoms with Gasteiger partial charge in [0.15, 0.2) is 11.5 Å². The van der Waals surface area contributed by atoms with E-state index in [4.69, 9.17) is 28.5 Å². The number of nitrogens with two attached hydrogens (primary N) is 1. The molecule has 0 saturated carbocycles. The average molecular weight is 538 g/mol. The molecule has 0 atom stereocenters. The van der Waals surface area contributed by atoms with Gasteiger partial charge in [-0.2, -0.15) is 18.3 Å². The van der Waals surface area contributed by atoms with Gasteiger partial charge < -0.3 is 26.1 Å². The van der Waals surface area contributed by atoms with Crippen LogP contribution in [0.1, 0.15) is 37.9 Å². The van der Waals surface area contributed by atoms with E-state index in [1.54, 1.807) is 6.07 Å². The lowest BCUT2D eigenvalue weighted by Gasteiger charge is -2.09. The van der Waals surface area contributed by atoms with Crippen LogP contribution in [0.25, 0.3) is 11.3 Å². The molecule has 0 aliphatic carbocycles. The number of nitrogens with zero attached hydrogens (tertiary/aromatic N) is 2. The predicted octanol–water partition coefficient (Wildman–Crippen LogP) is 2.28. The fraction of sp³-hybridized carbons (Fsp3) is 0.304. The van der Waals surface area contributed by atoms with Crippen molar-refractivity contribution < 1.29 is 27.5 Å². The number of imidazole rings is 1. The summed E-state index contributed by atoms with van der Waals surface area (Å²) < 4.78 is 45.3. The number of amides is 2. The van der Waals surface area contributed by atoms with Crippen LogP contribution < -0.4 is 16.4 Å². The first-order valence-electron chi connectivity index (χ1n) is 10.9. The normalized spacial score (nSPS) is 11.2. The van der Waals surface area contributed by atoms with Crippen LogP contribution in [0, 0.1) is 12.3 Å². The molecule has 1 aromatic carbocycles. The molecule has 3 rings (SSSR count). The lowest BCUT2D eigenvalue weighted by atomic mass is 10.1. The monoisotopic (exact) mass is 537 g/mol. The number of hydrogen-bond acceptors (Lipinski definition) is 6. The Labute approximate surface area is 214 Å². The molecule has 0 unspecified atom stereocenters. The molecule has 2 amide bonds. The van der Waals surface area contributed by atoms with E-state index in [2.05, 4.69) is 36.7 Å². The van der Waals surface area contributed by atoms with Crippen LogP contribution in [0.15, 0.2) is 24.4 Å². The number of H-pyrrole nitrogens is 2. The van der Waals surface area contributed by atoms with Gasteiger partial charge in [-0.05, 0) is 17.7 Å². The molecule has 0 radical (unpaired) electrons. The van der Waals surface area contributed by atoms with Crippen LogP contribution in [0.5, 0.6) is 0 Å². The topological polar surface area (TPSA) is 151 Å². The lowest BCUT2D eigenvalue weighted by molar-refractivity contribution is -0.140. The summed E-state index contributed by atoms with van der Waals surface area (Å²) in [4.78, 5) is 31.3. The number of hydrogen-bond donors (Lipinski definition) is 5. The van der Waals surface area contributed by atoms with Gasteiger partial charge in [0.05, 0.1) is 53.4 Å². The van der Waals surface area contributed by atoms with Crippen LogP contribution in [-0.4, -0.2) is 58.3 Å². The largest absolute Gasteiger partial charge is 0.435 e. The zero-order valence-corrected chi connectivity index (χ0v) is 20.1. The Hall–Kier alpha value is -3.86. The zero-order chi connectivity index (χ0) is 27.0. The second-order valence-corrected chi connectivity index (χ2v) is 8.01. The van der Waals surface area contributed by atoms with Gasteiger partial charge in [0.2, 0.25) is 0 Å². The third kappa shape index (κ3) is 7.10. The molecule has 0 aliphatic heterocycles. The maximum absolute atomic E-state index is 13.4. The number of aromatic nitrogens is 4. The van der Waals surface area contributed by atoms with Crippen LogP contribution in [0.4, 0.5) is 13.2 Å². The van der Waals surface area contributed by atoms with E-state index < -0.39 is 17.8 Å². The van der Waals surface area contributed by atoms with Gasteiger partial charge in [-0.3, -0.25) is 14.7 Å². The van der Waals surface area contributed by atoms with Gasteiger partial charge in [0, 0.05) is 19.6 Å². The maximum atomic E-state index is 13.4. The van der Waals surface area contributed by atoms with E-state index in [1.807, 2.05) is 0 Å². The summed E-state index contributed by atoms with van der Waals surface area (Å²) in [5.74, 6) is 0.992. The van der Waals surface area contributed by atoms with Gasteiger partial charge in [0.1, 0.15) is 0 Å². The highest BCUT2D eigenvalue weighted by Gasteiger charge is 2.39. The third-order valence-electron chi connectivity index (χ3n) is 4.97. The van der Waals surface area contributed by atoms with Gasteiger partial charge in [-0.1, -0.05) is 17.7 Å². The smallest absolute Gasteiger partial charge is 0.378 e. The number of terminal acetylenes is 1. The molecule has 37 heavy (non-hydrogen) atoms. The molecule has 3 aromatic rings. The van der Waals surface area contributed by atoms with Gasteiger partial charge >= 0.3 is 6.18 Å². The maximum Gasteiger partial charge on any atom is 0.435 e. The molecule has 0 bridgehead atoms. The number of carbonyl (C=O) groups is 2. The van der Waals surface area contributed by atoms with Crippen LogP contribution in [0.3, 0.4) is 0 Å². The van der Waals surface area contributed by atoms with E-state index in [0.29, 0.717) is 25.3 Å². The fourth-order valence-corrected chi connectivity index (χ4v) is 3.59. The standard InChI is InChI=1S/C23H23ClF3N7O3/c1-2-3-16-18(19(34-33-16)23(25,26)27)17-12-30-20(32-17)22(36)31-11-13-4-5-14(15(24)10-13)21(35)29-7-9-37-8-6-28/h1,4-5,10,12H,3,6-9,11,28H2,(H,29,35)(H,30,32)(H,31,36)(H,33,34). The van der Waals surface area contributed by atoms with Crippen molar-refractivity contribution in [1.82, 2.24) is 30.8 Å². The van der Waals surface area contributed by atoms with Crippen LogP contribution in [0.2, 0.25) is 5.02 Å². The van der Waals surface area contributed by atoms with Crippen molar-refractivity contribution in [2.75, 3.05) is 26.3 Å². The highest BCUT2D eigenvalue weighted by Crippen LogP contribution is 2.37. The summed E-state index contributed by atoms with van der Waals surface area (Å²) in [6.07, 6.45) is 1.46. The van der Waals surface area contributed by atoms with Gasteiger partial charge in [0.25, 0.3) is 11.8 Å². The molecule has 0 fully saturated rings. The minimum absolute atomic E-state index is 0.0191. The fourth-order valence-electron chi connectivity index (χ4n) is 3.30. The summed E-state index contributed by atoms with van der Waals surface area (Å²) >= 11 is 6.22. The number of rotatable bonds is 11. The number of aromatic amines is 2. The van der Waals surface area contributed by atoms with Crippen molar-refractivity contribution in [3.05, 3.63) is 57.8 Å². The second kappa shape index (κ2) is 12.4. The molecule has 0 aliphatic rings. The highest BCUT2D eigenvalue weighted by atomic mass is 35.5. The molecular formula is C23H23ClF3N7O3. The molecule has 0 saturated heterocycles. The van der Waals surface area contributed by atoms with Crippen molar-refractivity contribution in [2.24, 2.45) is 5.73 Å². The second-order valence-electron chi connectivity index (χ2n) is 7.60. The first kappa shape index (κ1) is 27.7. The number of carbonyl (C=O) groups excluding carboxylic acids is 2. The Morgan fingerprint density at radius 1 is 1.22 bits per heavy atom. The Kier molecular flexibility index (Phi) is 9.29. The summed E-state index contributed by atoms with van der Waals surface area (Å²) in [7, 11) is 0. The number of benzene rings is 1. The first-order valence-corrected chi connectivity index (χ1v) is 11.3. The Bertz CT molecular complexity index is 1300. The van der Waals surface area contributed by atoms with Crippen molar-refractivity contribution in [3.8, 4) is 23.6 Å². The van der Waals surface area contributed by atoms with Crippen molar-refractivity contribution >= 4 is 23.4 Å². The highest BCUT2D eigenvalue weighted by molar-refractivity contribution is 6.33. The number of ether oxygens (including phenoxy) is 1. The van der Waals surface area contributed by atoms with Crippen molar-refractivity contribution in [3.63, 3.8) is 0 Å². The Balaban J connectivity index is 1.64. The molecular weight excluding hydrogens is 515 g/mol. The summed E-state index contributed by atoms with van der Waals surface area (Å²) in [5.41, 5.74) is 4.67. The van der Waals surface area contributed by atoms with Crippen molar-refractivity contribution in [1.29, 1.82) is 0 Å². The number of alkyl halides is 3. The van der Waals surface area contributed by atoms with Crippen molar-refractivity contribution in [2.45, 2.75) is 19.1 Å². The minimum Gasteiger partial charge on any atom is -0.378 e. The molecule has 14 heteroatoms. The molecule has 6 N–H and O–H groups in total. The molecule has 2 heterocycles. The quantitative estimate of drug-likeness (QED) is 0.187. The lowest BCUT2D eigenvalue weighted by Crippen LogP contribution is -2.28. The molecule has 10 nitrogen and oxygen atoms in total. The number of halogens is 4. The summed E-state index contributed by atoms with van der Waals surface area (Å²) in [5, 5.41) is 11.0. The van der Waals surface area contributed by atoms with Crippen LogP contribution >= 0.6 is 11.6 Å². The summed E-state index contributed by atoms with van der Waals surface area (Å²) in [6.45, 7) is 1.39. The zero-order valence-electron chi connectivity index (χ0n) is 19.3. The Morgan fingerprint density at radius 2 is 2.00 bits per heavy atom. The van der Waals surface area contributed by atoms with E-state index in [1.165, 1.54) is 12.1 Å². The van der Waals surface area contributed by atoms with Gasteiger partial charge in [-0.15, -0.1) is 12.3 Å². The molecule has 0 spiro atoms. The van der Waals surface area contributed by atoms with Gasteiger partial charge in [-0.25, -0.2) is 4.98 Å². The molecule has 2 aromatic heterocycles. The predicted molar refractivity (Wildman–Crippen MR) is 129 cm³/mol. The summed E-state index contributed by atoms with van der Waals surface area (Å²) in [6, 6.07) is 4.63. The Morgan fingerprint density at radius 3 is 2.68 bits per heavy atom. The molecule has 196 valence electrons. The van der Waals surface area contributed by atoms with E-state index in [9.17, 15) is 22.8 Å². The first-order chi connectivity index (χ1) is 17.7. The minimum atomic E-state index is -4.74.